The molecule has 1 aromatic carbocycles. The number of aliphatic imine (C=N–C) groups is 1. The lowest BCUT2D eigenvalue weighted by Crippen LogP contribution is -2.77. The zero-order chi connectivity index (χ0) is 27.8. The lowest BCUT2D eigenvalue weighted by molar-refractivity contribution is -0.252. The van der Waals surface area contributed by atoms with Gasteiger partial charge in [0.15, 0.2) is 17.7 Å². The first-order chi connectivity index (χ1) is 17.6. The van der Waals surface area contributed by atoms with Crippen molar-refractivity contribution in [3.63, 3.8) is 0 Å². The van der Waals surface area contributed by atoms with E-state index in [2.05, 4.69) is 22.2 Å². The number of nitrogens with one attached hydrogen (secondary N) is 2. The molecular formula is C21H23F3N6O7S. The number of imide groups is 1. The number of hydrogen-bond donors (Lipinski definition) is 5. The van der Waals surface area contributed by atoms with Crippen molar-refractivity contribution in [1.29, 1.82) is 0 Å². The number of amides is 2. The van der Waals surface area contributed by atoms with Crippen LogP contribution in [0.4, 0.5) is 13.2 Å². The number of rotatable bonds is 5. The van der Waals surface area contributed by atoms with E-state index in [1.165, 1.54) is 0 Å². The molecule has 3 saturated heterocycles. The van der Waals surface area contributed by atoms with Crippen LogP contribution in [0.3, 0.4) is 0 Å². The molecule has 0 aliphatic carbocycles. The Labute approximate surface area is 213 Å². The minimum atomic E-state index is -4.95. The van der Waals surface area contributed by atoms with Crippen molar-refractivity contribution in [3.8, 4) is 0 Å². The predicted octanol–water partition coefficient (Wildman–Crippen LogP) is -1.65. The third kappa shape index (κ3) is 3.79. The summed E-state index contributed by atoms with van der Waals surface area (Å²) in [7, 11) is -4.95. The second-order valence-electron chi connectivity index (χ2n) is 9.35. The number of benzene rings is 1. The highest BCUT2D eigenvalue weighted by molar-refractivity contribution is 7.86. The molecule has 0 unspecified atom stereocenters. The van der Waals surface area contributed by atoms with Crippen LogP contribution in [0.15, 0.2) is 46.6 Å². The van der Waals surface area contributed by atoms with Crippen LogP contribution in [0.5, 0.6) is 0 Å². The van der Waals surface area contributed by atoms with Gasteiger partial charge in [-0.2, -0.15) is 21.6 Å². The van der Waals surface area contributed by atoms with Gasteiger partial charge >= 0.3 is 6.18 Å². The first kappa shape index (κ1) is 26.2. The molecule has 1 spiro atoms. The molecule has 13 nitrogen and oxygen atoms in total. The molecule has 38 heavy (non-hydrogen) atoms. The minimum absolute atomic E-state index is 0.0122. The Bertz CT molecular complexity index is 1350. The summed E-state index contributed by atoms with van der Waals surface area (Å²) in [5.41, 5.74) is 2.84. The summed E-state index contributed by atoms with van der Waals surface area (Å²) < 4.78 is 70.3. The van der Waals surface area contributed by atoms with Gasteiger partial charge in [-0.25, -0.2) is 4.99 Å². The number of nitrogens with zero attached hydrogens (tertiary/aromatic N) is 3. The van der Waals surface area contributed by atoms with Crippen molar-refractivity contribution < 1.29 is 45.6 Å². The van der Waals surface area contributed by atoms with E-state index in [4.69, 9.17) is 9.92 Å². The van der Waals surface area contributed by atoms with Crippen LogP contribution in [0, 0.1) is 0 Å². The van der Waals surface area contributed by atoms with Crippen molar-refractivity contribution in [3.05, 3.63) is 42.2 Å². The van der Waals surface area contributed by atoms with Crippen LogP contribution in [0.2, 0.25) is 0 Å². The average molecular weight is 561 g/mol. The van der Waals surface area contributed by atoms with Crippen molar-refractivity contribution in [2.75, 3.05) is 13.1 Å². The van der Waals surface area contributed by atoms with Crippen LogP contribution in [0.1, 0.15) is 18.4 Å². The van der Waals surface area contributed by atoms with Crippen LogP contribution in [0.25, 0.3) is 0 Å². The summed E-state index contributed by atoms with van der Waals surface area (Å²) in [6.07, 6.45) is -6.77. The van der Waals surface area contributed by atoms with E-state index in [9.17, 15) is 41.4 Å². The standard InChI is InChI=1S/C21H23F3N6O7S/c1-10-26-17-13(8-29-15(31)5-6-16(29)32)27-18(25)30-9-14(20(33,34)19(17,30)28-10)37-38(35,36)12-4-2-3-11(7-12)21(22,23)24/h2-4,7,13-14,17,26,28,33-34H,1,5-6,8-9H2,(H2,25,27)/t13-,14-,17-,19-/m0/s1. The smallest absolute Gasteiger partial charge is 0.370 e. The first-order valence-electron chi connectivity index (χ1n) is 11.3. The van der Waals surface area contributed by atoms with Gasteiger partial charge in [-0.15, -0.1) is 0 Å². The Kier molecular flexibility index (Phi) is 5.72. The summed E-state index contributed by atoms with van der Waals surface area (Å²) in [4.78, 5) is 29.9. The Hall–Kier alpha value is -3.41. The van der Waals surface area contributed by atoms with Crippen LogP contribution < -0.4 is 16.4 Å². The summed E-state index contributed by atoms with van der Waals surface area (Å²) in [6, 6.07) is 0.664. The number of carbonyl (C=O) groups excluding carboxylic acids is 2. The molecule has 4 aliphatic rings. The largest absolute Gasteiger partial charge is 0.416 e. The van der Waals surface area contributed by atoms with E-state index in [1.807, 2.05) is 0 Å². The normalized spacial score (nSPS) is 30.6. The number of likely N-dealkylation sites (tertiary alicyclic amines) is 1. The molecule has 4 aliphatic heterocycles. The number of alkyl halides is 3. The van der Waals surface area contributed by atoms with Gasteiger partial charge in [0.2, 0.25) is 17.6 Å². The molecule has 0 aromatic heterocycles. The molecule has 17 heteroatoms. The molecule has 0 saturated carbocycles. The highest BCUT2D eigenvalue weighted by Gasteiger charge is 2.74. The fraction of sp³-hybridized carbons (Fsp3) is 0.476. The fourth-order valence-corrected chi connectivity index (χ4v) is 6.46. The number of aliphatic hydroxyl groups is 2. The minimum Gasteiger partial charge on any atom is -0.370 e. The van der Waals surface area contributed by atoms with Gasteiger partial charge in [0.1, 0.15) is 0 Å². The van der Waals surface area contributed by atoms with E-state index in [0.29, 0.717) is 12.1 Å². The van der Waals surface area contributed by atoms with Crippen LogP contribution >= 0.6 is 0 Å². The Balaban J connectivity index is 1.48. The monoisotopic (exact) mass is 560 g/mol. The lowest BCUT2D eigenvalue weighted by Gasteiger charge is -2.49. The maximum Gasteiger partial charge on any atom is 0.416 e. The highest BCUT2D eigenvalue weighted by atomic mass is 32.2. The Morgan fingerprint density at radius 3 is 2.53 bits per heavy atom. The van der Waals surface area contributed by atoms with Crippen LogP contribution in [-0.2, 0) is 30.1 Å². The third-order valence-corrected chi connectivity index (χ3v) is 8.40. The zero-order valence-corrected chi connectivity index (χ0v) is 20.3. The molecule has 0 bridgehead atoms. The molecule has 4 heterocycles. The van der Waals surface area contributed by atoms with E-state index in [-0.39, 0.29) is 31.2 Å². The maximum atomic E-state index is 13.1. The van der Waals surface area contributed by atoms with E-state index in [0.717, 1.165) is 21.9 Å². The molecular weight excluding hydrogens is 537 g/mol. The van der Waals surface area contributed by atoms with Gasteiger partial charge in [-0.05, 0) is 18.2 Å². The summed E-state index contributed by atoms with van der Waals surface area (Å²) in [5, 5.41) is 28.4. The van der Waals surface area contributed by atoms with E-state index in [1.54, 1.807) is 0 Å². The summed E-state index contributed by atoms with van der Waals surface area (Å²) in [5.74, 6) is -4.16. The average Bonchev–Trinajstić information content (AvgIpc) is 3.41. The maximum absolute atomic E-state index is 13.1. The topological polar surface area (TPSA) is 187 Å². The van der Waals surface area contributed by atoms with Crippen molar-refractivity contribution in [1.82, 2.24) is 20.4 Å². The molecule has 3 fully saturated rings. The van der Waals surface area contributed by atoms with E-state index >= 15 is 0 Å². The van der Waals surface area contributed by atoms with Crippen molar-refractivity contribution >= 4 is 27.9 Å². The Morgan fingerprint density at radius 1 is 1.24 bits per heavy atom. The molecule has 2 amide bonds. The van der Waals surface area contributed by atoms with Crippen molar-refractivity contribution in [2.45, 2.75) is 53.6 Å². The van der Waals surface area contributed by atoms with E-state index < -0.39 is 74.8 Å². The summed E-state index contributed by atoms with van der Waals surface area (Å²) in [6.45, 7) is 2.90. The quantitative estimate of drug-likeness (QED) is 0.158. The van der Waals surface area contributed by atoms with Gasteiger partial charge in [0.25, 0.3) is 10.1 Å². The van der Waals surface area contributed by atoms with Gasteiger partial charge in [-0.1, -0.05) is 12.6 Å². The van der Waals surface area contributed by atoms with Crippen LogP contribution in [-0.4, -0.2) is 88.9 Å². The van der Waals surface area contributed by atoms with Gasteiger partial charge in [0.05, 0.1) is 41.5 Å². The molecule has 5 rings (SSSR count). The molecule has 1 aromatic rings. The van der Waals surface area contributed by atoms with Gasteiger partial charge < -0.3 is 31.5 Å². The van der Waals surface area contributed by atoms with Gasteiger partial charge in [0, 0.05) is 12.8 Å². The molecule has 206 valence electrons. The zero-order valence-electron chi connectivity index (χ0n) is 19.5. The summed E-state index contributed by atoms with van der Waals surface area (Å²) >= 11 is 0. The Morgan fingerprint density at radius 2 is 1.89 bits per heavy atom. The van der Waals surface area contributed by atoms with Gasteiger partial charge in [-0.3, -0.25) is 18.7 Å². The lowest BCUT2D eigenvalue weighted by atomic mass is 9.85. The fourth-order valence-electron chi connectivity index (χ4n) is 5.33. The number of halogens is 3. The number of nitrogens with two attached hydrogens (primary N) is 1. The number of carbonyl (C=O) groups is 2. The SMILES string of the molecule is C=C1N[C@H]2[C@H](CN3C(=O)CCC3=O)N=C(N)N3C[C@H](OS(=O)(=O)c4cccc(C(F)(F)F)c4)C(O)(O)[C@]23N1. The van der Waals surface area contributed by atoms with Crippen molar-refractivity contribution in [2.24, 2.45) is 10.7 Å². The molecule has 6 N–H and O–H groups in total. The number of hydrogen-bond acceptors (Lipinski definition) is 12. The third-order valence-electron chi connectivity index (χ3n) is 7.08. The predicted molar refractivity (Wildman–Crippen MR) is 121 cm³/mol. The first-order valence-corrected chi connectivity index (χ1v) is 12.7. The second kappa shape index (κ2) is 8.29. The number of guanidine groups is 1. The second-order valence-corrected chi connectivity index (χ2v) is 10.9. The molecule has 0 radical (unpaired) electrons. The molecule has 4 atom stereocenters. The highest BCUT2D eigenvalue weighted by Crippen LogP contribution is 2.46.